The summed E-state index contributed by atoms with van der Waals surface area (Å²) in [6.45, 7) is 0.131. The lowest BCUT2D eigenvalue weighted by molar-refractivity contribution is -0.390. The highest BCUT2D eigenvalue weighted by atomic mass is 79.9. The minimum atomic E-state index is -0.598. The van der Waals surface area contributed by atoms with Crippen molar-refractivity contribution in [3.05, 3.63) is 72.7 Å². The molecule has 0 aliphatic heterocycles. The van der Waals surface area contributed by atoms with Gasteiger partial charge in [-0.1, -0.05) is 23.2 Å². The molecule has 1 N–H and O–H groups in total. The molecule has 1 amide bonds. The van der Waals surface area contributed by atoms with Gasteiger partial charge < -0.3 is 19.8 Å². The normalized spacial score (nSPS) is 10.7. The summed E-state index contributed by atoms with van der Waals surface area (Å²) < 4.78 is 7.06. The standard InChI is InChI=1S/C15H9BrCl2N4O4/c16-10-7-21(20-14(10)22(24)25)6-9-2-4-13(26-9)15(23)19-8-1-3-11(17)12(18)5-8/h1-5,7H,6H2,(H,19,23). The summed E-state index contributed by atoms with van der Waals surface area (Å²) in [5, 5.41) is 18.0. The molecule has 0 bridgehead atoms. The fraction of sp³-hybridized carbons (Fsp3) is 0.0667. The van der Waals surface area contributed by atoms with Crippen molar-refractivity contribution in [1.29, 1.82) is 0 Å². The third-order valence-corrected chi connectivity index (χ3v) is 4.55. The van der Waals surface area contributed by atoms with Crippen LogP contribution in [0.4, 0.5) is 11.5 Å². The number of halogens is 3. The number of carbonyl (C=O) groups is 1. The van der Waals surface area contributed by atoms with E-state index < -0.39 is 10.8 Å². The number of anilines is 1. The highest BCUT2D eigenvalue weighted by molar-refractivity contribution is 9.10. The van der Waals surface area contributed by atoms with Gasteiger partial charge in [0.1, 0.15) is 16.8 Å². The predicted molar refractivity (Wildman–Crippen MR) is 98.8 cm³/mol. The van der Waals surface area contributed by atoms with Gasteiger partial charge >= 0.3 is 5.82 Å². The first-order valence-corrected chi connectivity index (χ1v) is 8.61. The van der Waals surface area contributed by atoms with Crippen LogP contribution in [0, 0.1) is 10.1 Å². The molecule has 0 spiro atoms. The second-order valence-corrected chi connectivity index (χ2v) is 6.77. The zero-order valence-corrected chi connectivity index (χ0v) is 15.9. The summed E-state index contributed by atoms with van der Waals surface area (Å²) >= 11 is 14.8. The highest BCUT2D eigenvalue weighted by Gasteiger charge is 2.20. The molecule has 2 aromatic heterocycles. The summed E-state index contributed by atoms with van der Waals surface area (Å²) in [6.07, 6.45) is 1.45. The fourth-order valence-corrected chi connectivity index (χ4v) is 2.86. The molecule has 3 rings (SSSR count). The van der Waals surface area contributed by atoms with E-state index in [2.05, 4.69) is 26.3 Å². The van der Waals surface area contributed by atoms with Crippen LogP contribution in [0.25, 0.3) is 0 Å². The van der Waals surface area contributed by atoms with E-state index in [1.807, 2.05) is 0 Å². The van der Waals surface area contributed by atoms with Crippen LogP contribution in [-0.2, 0) is 6.54 Å². The number of amides is 1. The van der Waals surface area contributed by atoms with E-state index in [4.69, 9.17) is 27.6 Å². The highest BCUT2D eigenvalue weighted by Crippen LogP contribution is 2.26. The molecule has 0 unspecified atom stereocenters. The van der Waals surface area contributed by atoms with Gasteiger partial charge in [0, 0.05) is 5.69 Å². The zero-order valence-electron chi connectivity index (χ0n) is 12.8. The maximum atomic E-state index is 12.2. The Morgan fingerprint density at radius 2 is 2.08 bits per heavy atom. The van der Waals surface area contributed by atoms with Crippen molar-refractivity contribution in [3.8, 4) is 0 Å². The SMILES string of the molecule is O=C(Nc1ccc(Cl)c(Cl)c1)c1ccc(Cn2cc(Br)c([N+](=O)[O-])n2)o1. The second kappa shape index (κ2) is 7.48. The van der Waals surface area contributed by atoms with Crippen LogP contribution < -0.4 is 5.32 Å². The summed E-state index contributed by atoms with van der Waals surface area (Å²) in [7, 11) is 0. The molecule has 0 saturated heterocycles. The maximum absolute atomic E-state index is 12.2. The van der Waals surface area contributed by atoms with Crippen LogP contribution in [0.5, 0.6) is 0 Å². The molecule has 1 aromatic carbocycles. The number of hydrogen-bond acceptors (Lipinski definition) is 5. The Bertz CT molecular complexity index is 1000. The first-order chi connectivity index (χ1) is 12.3. The monoisotopic (exact) mass is 458 g/mol. The quantitative estimate of drug-likeness (QED) is 0.437. The number of carbonyl (C=O) groups excluding carboxylic acids is 1. The Hall–Kier alpha value is -2.36. The van der Waals surface area contributed by atoms with E-state index in [0.29, 0.717) is 21.5 Å². The lowest BCUT2D eigenvalue weighted by Gasteiger charge is -2.04. The molecule has 0 radical (unpaired) electrons. The molecule has 2 heterocycles. The van der Waals surface area contributed by atoms with Crippen molar-refractivity contribution in [1.82, 2.24) is 9.78 Å². The van der Waals surface area contributed by atoms with E-state index in [0.717, 1.165) is 0 Å². The summed E-state index contributed by atoms with van der Waals surface area (Å²) in [5.74, 6) is -0.280. The first kappa shape index (κ1) is 18.4. The molecule has 134 valence electrons. The predicted octanol–water partition coefficient (Wildman–Crippen LogP) is 4.75. The molecule has 0 atom stereocenters. The van der Waals surface area contributed by atoms with Gasteiger partial charge in [-0.05, 0) is 51.2 Å². The van der Waals surface area contributed by atoms with Crippen LogP contribution in [0.3, 0.4) is 0 Å². The molecule has 0 aliphatic rings. The minimum absolute atomic E-state index is 0.0757. The van der Waals surface area contributed by atoms with Gasteiger partial charge in [0.2, 0.25) is 0 Å². The van der Waals surface area contributed by atoms with Crippen molar-refractivity contribution in [2.45, 2.75) is 6.54 Å². The van der Waals surface area contributed by atoms with Gasteiger partial charge in [0.25, 0.3) is 5.91 Å². The van der Waals surface area contributed by atoms with E-state index in [1.165, 1.54) is 23.0 Å². The van der Waals surface area contributed by atoms with Crippen molar-refractivity contribution >= 4 is 56.5 Å². The van der Waals surface area contributed by atoms with Gasteiger partial charge in [-0.25, -0.2) is 0 Å². The summed E-state index contributed by atoms with van der Waals surface area (Å²) in [4.78, 5) is 22.4. The number of furan rings is 1. The fourth-order valence-electron chi connectivity index (χ4n) is 2.10. The van der Waals surface area contributed by atoms with Crippen molar-refractivity contribution < 1.29 is 14.1 Å². The number of nitro groups is 1. The average Bonchev–Trinajstić information content (AvgIpc) is 3.18. The van der Waals surface area contributed by atoms with Crippen molar-refractivity contribution in [2.75, 3.05) is 5.32 Å². The van der Waals surface area contributed by atoms with E-state index >= 15 is 0 Å². The van der Waals surface area contributed by atoms with Crippen molar-refractivity contribution in [2.24, 2.45) is 0 Å². The van der Waals surface area contributed by atoms with Gasteiger partial charge in [0.05, 0.1) is 21.3 Å². The third-order valence-electron chi connectivity index (χ3n) is 3.25. The Morgan fingerprint density at radius 1 is 1.31 bits per heavy atom. The Balaban J connectivity index is 1.70. The summed E-state index contributed by atoms with van der Waals surface area (Å²) in [6, 6.07) is 7.78. The second-order valence-electron chi connectivity index (χ2n) is 5.10. The van der Waals surface area contributed by atoms with Crippen molar-refractivity contribution in [3.63, 3.8) is 0 Å². The molecule has 11 heteroatoms. The molecule has 3 aromatic rings. The number of aromatic nitrogens is 2. The number of nitrogens with one attached hydrogen (secondary N) is 1. The topological polar surface area (TPSA) is 103 Å². The van der Waals surface area contributed by atoms with Crippen LogP contribution >= 0.6 is 39.1 Å². The lowest BCUT2D eigenvalue weighted by atomic mass is 10.3. The molecule has 0 fully saturated rings. The van der Waals surface area contributed by atoms with E-state index in [-0.39, 0.29) is 22.6 Å². The average molecular weight is 460 g/mol. The Morgan fingerprint density at radius 3 is 2.73 bits per heavy atom. The molecule has 0 saturated carbocycles. The summed E-state index contributed by atoms with van der Waals surface area (Å²) in [5.41, 5.74) is 0.467. The van der Waals surface area contributed by atoms with Crippen LogP contribution in [0.2, 0.25) is 10.0 Å². The molecule has 8 nitrogen and oxygen atoms in total. The van der Waals surface area contributed by atoms with Crippen LogP contribution in [-0.4, -0.2) is 20.6 Å². The Kier molecular flexibility index (Phi) is 5.30. The number of benzene rings is 1. The zero-order chi connectivity index (χ0) is 18.8. The van der Waals surface area contributed by atoms with Gasteiger partial charge in [-0.2, -0.15) is 4.68 Å². The lowest BCUT2D eigenvalue weighted by Crippen LogP contribution is -2.10. The van der Waals surface area contributed by atoms with Crippen LogP contribution in [0.15, 0.2) is 45.4 Å². The molecular weight excluding hydrogens is 451 g/mol. The maximum Gasteiger partial charge on any atom is 0.404 e. The number of rotatable bonds is 5. The number of hydrogen-bond donors (Lipinski definition) is 1. The number of nitrogens with zero attached hydrogens (tertiary/aromatic N) is 3. The molecule has 0 aliphatic carbocycles. The smallest absolute Gasteiger partial charge is 0.404 e. The van der Waals surface area contributed by atoms with E-state index in [9.17, 15) is 14.9 Å². The third kappa shape index (κ3) is 4.06. The van der Waals surface area contributed by atoms with E-state index in [1.54, 1.807) is 18.2 Å². The largest absolute Gasteiger partial charge is 0.454 e. The Labute approximate surface area is 165 Å². The minimum Gasteiger partial charge on any atom is -0.454 e. The molecular formula is C15H9BrCl2N4O4. The molecule has 26 heavy (non-hydrogen) atoms. The first-order valence-electron chi connectivity index (χ1n) is 7.06. The van der Waals surface area contributed by atoms with Gasteiger partial charge in [-0.15, -0.1) is 0 Å². The van der Waals surface area contributed by atoms with Gasteiger partial charge in [0.15, 0.2) is 5.76 Å². The van der Waals surface area contributed by atoms with Crippen LogP contribution in [0.1, 0.15) is 16.3 Å². The van der Waals surface area contributed by atoms with Gasteiger partial charge in [-0.3, -0.25) is 4.79 Å².